The summed E-state index contributed by atoms with van der Waals surface area (Å²) < 4.78 is 14.9. The molecular formula is C14H17BrFN3O. The minimum absolute atomic E-state index is 0.00405. The number of hydrogen-bond donors (Lipinski definition) is 2. The van der Waals surface area contributed by atoms with E-state index in [4.69, 9.17) is 5.41 Å². The van der Waals surface area contributed by atoms with Crippen molar-refractivity contribution in [1.29, 1.82) is 5.41 Å². The molecule has 1 aliphatic heterocycles. The van der Waals surface area contributed by atoms with Crippen LogP contribution in [0.15, 0.2) is 22.7 Å². The molecule has 0 saturated carbocycles. The third kappa shape index (κ3) is 2.32. The summed E-state index contributed by atoms with van der Waals surface area (Å²) in [5.74, 6) is -0.203. The number of urea groups is 1. The molecule has 1 aliphatic rings. The molecule has 6 heteroatoms. The second-order valence-electron chi connectivity index (χ2n) is 5.51. The summed E-state index contributed by atoms with van der Waals surface area (Å²) >= 11 is 3.22. The lowest BCUT2D eigenvalue weighted by Crippen LogP contribution is -2.46. The van der Waals surface area contributed by atoms with Crippen LogP contribution in [0.4, 0.5) is 9.18 Å². The number of benzene rings is 1. The summed E-state index contributed by atoms with van der Waals surface area (Å²) in [5, 5.41) is 10.5. The highest BCUT2D eigenvalue weighted by molar-refractivity contribution is 9.10. The first-order valence-corrected chi connectivity index (χ1v) is 7.19. The van der Waals surface area contributed by atoms with E-state index >= 15 is 0 Å². The molecule has 1 atom stereocenters. The highest BCUT2D eigenvalue weighted by Crippen LogP contribution is 2.36. The fourth-order valence-corrected chi connectivity index (χ4v) is 2.76. The van der Waals surface area contributed by atoms with Gasteiger partial charge in [0.2, 0.25) is 0 Å². The van der Waals surface area contributed by atoms with E-state index < -0.39 is 11.4 Å². The van der Waals surface area contributed by atoms with Crippen molar-refractivity contribution in [3.63, 3.8) is 0 Å². The molecule has 0 spiro atoms. The molecule has 108 valence electrons. The summed E-state index contributed by atoms with van der Waals surface area (Å²) in [6.45, 7) is 6.11. The van der Waals surface area contributed by atoms with Crippen molar-refractivity contribution in [3.8, 4) is 0 Å². The molecule has 1 aromatic carbocycles. The molecule has 2 rings (SSSR count). The number of nitrogens with one attached hydrogen (secondary N) is 2. The molecule has 1 unspecified atom stereocenters. The van der Waals surface area contributed by atoms with Crippen molar-refractivity contribution in [2.24, 2.45) is 5.92 Å². The largest absolute Gasteiger partial charge is 0.323 e. The monoisotopic (exact) mass is 341 g/mol. The molecule has 0 aliphatic carbocycles. The Hall–Kier alpha value is -1.43. The number of carbonyl (C=O) groups excluding carboxylic acids is 1. The number of carbonyl (C=O) groups is 1. The summed E-state index contributed by atoms with van der Waals surface area (Å²) in [6, 6.07) is 4.33. The van der Waals surface area contributed by atoms with Gasteiger partial charge < -0.3 is 4.90 Å². The maximum absolute atomic E-state index is 14.3. The molecule has 4 nitrogen and oxygen atoms in total. The van der Waals surface area contributed by atoms with Gasteiger partial charge in [-0.05, 0) is 25.0 Å². The van der Waals surface area contributed by atoms with E-state index in [1.807, 2.05) is 13.8 Å². The van der Waals surface area contributed by atoms with E-state index in [9.17, 15) is 9.18 Å². The van der Waals surface area contributed by atoms with Gasteiger partial charge in [0, 0.05) is 16.6 Å². The zero-order valence-electron chi connectivity index (χ0n) is 11.6. The SMILES string of the molecule is CC(C)CN1C(=O)NC(=N)C1(C)c1ccc(Br)cc1F. The third-order valence-electron chi connectivity index (χ3n) is 3.51. The Morgan fingerprint density at radius 1 is 1.50 bits per heavy atom. The highest BCUT2D eigenvalue weighted by Gasteiger charge is 2.49. The Bertz CT molecular complexity index is 576. The van der Waals surface area contributed by atoms with Crippen molar-refractivity contribution >= 4 is 27.8 Å². The van der Waals surface area contributed by atoms with Gasteiger partial charge in [0.15, 0.2) is 0 Å². The first-order chi connectivity index (χ1) is 9.26. The van der Waals surface area contributed by atoms with E-state index in [0.29, 0.717) is 16.6 Å². The minimum atomic E-state index is -1.09. The van der Waals surface area contributed by atoms with Gasteiger partial charge in [-0.15, -0.1) is 0 Å². The molecule has 1 aromatic rings. The number of hydrogen-bond acceptors (Lipinski definition) is 2. The number of amides is 2. The zero-order valence-corrected chi connectivity index (χ0v) is 13.2. The van der Waals surface area contributed by atoms with Crippen LogP contribution in [-0.4, -0.2) is 23.3 Å². The van der Waals surface area contributed by atoms with E-state index in [0.717, 1.165) is 0 Å². The van der Waals surface area contributed by atoms with Crippen LogP contribution in [0, 0.1) is 17.1 Å². The summed E-state index contributed by atoms with van der Waals surface area (Å²) in [5.41, 5.74) is -0.767. The Morgan fingerprint density at radius 2 is 2.15 bits per heavy atom. The molecule has 1 fully saturated rings. The van der Waals surface area contributed by atoms with E-state index in [-0.39, 0.29) is 17.8 Å². The second kappa shape index (κ2) is 5.16. The molecule has 0 radical (unpaired) electrons. The molecule has 0 aromatic heterocycles. The maximum Gasteiger partial charge on any atom is 0.323 e. The van der Waals surface area contributed by atoms with Gasteiger partial charge in [-0.3, -0.25) is 10.7 Å². The summed E-state index contributed by atoms with van der Waals surface area (Å²) in [4.78, 5) is 13.5. The Balaban J connectivity index is 2.53. The van der Waals surface area contributed by atoms with Crippen LogP contribution in [0.5, 0.6) is 0 Å². The van der Waals surface area contributed by atoms with Crippen molar-refractivity contribution in [3.05, 3.63) is 34.1 Å². The van der Waals surface area contributed by atoms with Gasteiger partial charge in [0.25, 0.3) is 0 Å². The molecule has 1 saturated heterocycles. The third-order valence-corrected chi connectivity index (χ3v) is 4.00. The average molecular weight is 342 g/mol. The predicted octanol–water partition coefficient (Wildman–Crippen LogP) is 3.46. The van der Waals surface area contributed by atoms with Crippen LogP contribution in [0.1, 0.15) is 26.3 Å². The zero-order chi connectivity index (χ0) is 15.1. The molecule has 2 N–H and O–H groups in total. The summed E-state index contributed by atoms with van der Waals surface area (Å²) in [6.07, 6.45) is 0. The van der Waals surface area contributed by atoms with Crippen molar-refractivity contribution < 1.29 is 9.18 Å². The van der Waals surface area contributed by atoms with Gasteiger partial charge in [-0.2, -0.15) is 0 Å². The van der Waals surface area contributed by atoms with Crippen LogP contribution in [0.2, 0.25) is 0 Å². The average Bonchev–Trinajstić information content (AvgIpc) is 2.53. The maximum atomic E-state index is 14.3. The van der Waals surface area contributed by atoms with Crippen LogP contribution < -0.4 is 5.32 Å². The molecule has 20 heavy (non-hydrogen) atoms. The lowest BCUT2D eigenvalue weighted by Gasteiger charge is -2.35. The highest BCUT2D eigenvalue weighted by atomic mass is 79.9. The van der Waals surface area contributed by atoms with Crippen LogP contribution in [-0.2, 0) is 5.54 Å². The van der Waals surface area contributed by atoms with Crippen molar-refractivity contribution in [1.82, 2.24) is 10.2 Å². The van der Waals surface area contributed by atoms with Gasteiger partial charge in [0.1, 0.15) is 17.2 Å². The summed E-state index contributed by atoms with van der Waals surface area (Å²) in [7, 11) is 0. The Kier molecular flexibility index (Phi) is 3.86. The van der Waals surface area contributed by atoms with Crippen LogP contribution in [0.25, 0.3) is 0 Å². The van der Waals surface area contributed by atoms with Gasteiger partial charge >= 0.3 is 6.03 Å². The lowest BCUT2D eigenvalue weighted by atomic mass is 9.89. The second-order valence-corrected chi connectivity index (χ2v) is 6.42. The topological polar surface area (TPSA) is 56.2 Å². The molecular weight excluding hydrogens is 325 g/mol. The molecule has 2 amide bonds. The fraction of sp³-hybridized carbons (Fsp3) is 0.429. The Morgan fingerprint density at radius 3 is 2.70 bits per heavy atom. The smallest absolute Gasteiger partial charge is 0.307 e. The first-order valence-electron chi connectivity index (χ1n) is 6.40. The van der Waals surface area contributed by atoms with Crippen LogP contribution in [0.3, 0.4) is 0 Å². The number of amidine groups is 1. The number of rotatable bonds is 3. The van der Waals surface area contributed by atoms with Gasteiger partial charge in [-0.25, -0.2) is 9.18 Å². The molecule has 1 heterocycles. The van der Waals surface area contributed by atoms with E-state index in [1.54, 1.807) is 19.1 Å². The molecule has 0 bridgehead atoms. The number of nitrogens with zero attached hydrogens (tertiary/aromatic N) is 1. The predicted molar refractivity (Wildman–Crippen MR) is 79.3 cm³/mol. The van der Waals surface area contributed by atoms with Gasteiger partial charge in [-0.1, -0.05) is 35.8 Å². The Labute approximate surface area is 126 Å². The minimum Gasteiger partial charge on any atom is -0.307 e. The fourth-order valence-electron chi connectivity index (χ4n) is 2.43. The van der Waals surface area contributed by atoms with E-state index in [2.05, 4.69) is 21.2 Å². The first kappa shape index (κ1) is 15.0. The van der Waals surface area contributed by atoms with Crippen molar-refractivity contribution in [2.75, 3.05) is 6.54 Å². The lowest BCUT2D eigenvalue weighted by molar-refractivity contribution is 0.168. The van der Waals surface area contributed by atoms with Gasteiger partial charge in [0.05, 0.1) is 0 Å². The standard InChI is InChI=1S/C14H17BrFN3O/c1-8(2)7-19-13(20)18-12(17)14(19,3)10-5-4-9(15)6-11(10)16/h4-6,8H,7H2,1-3H3,(H2,17,18,20). The van der Waals surface area contributed by atoms with E-state index in [1.165, 1.54) is 11.0 Å². The number of halogens is 2. The normalized spacial score (nSPS) is 22.6. The van der Waals surface area contributed by atoms with Crippen LogP contribution >= 0.6 is 15.9 Å². The van der Waals surface area contributed by atoms with Crippen molar-refractivity contribution in [2.45, 2.75) is 26.3 Å². The quantitative estimate of drug-likeness (QED) is 0.868.